The first kappa shape index (κ1) is 12.9. The van der Waals surface area contributed by atoms with Gasteiger partial charge in [0, 0.05) is 26.3 Å². The number of fused-ring (bicyclic) bond motifs is 1. The number of likely N-dealkylation sites (N-methyl/N-ethyl adjacent to an activating group) is 1. The molecule has 2 atom stereocenters. The van der Waals surface area contributed by atoms with Crippen LogP contribution in [0.2, 0.25) is 0 Å². The molecule has 0 radical (unpaired) electrons. The van der Waals surface area contributed by atoms with Crippen LogP contribution in [0.4, 0.5) is 0 Å². The minimum atomic E-state index is -0.393. The number of nitrogens with zero attached hydrogens (tertiary/aromatic N) is 3. The van der Waals surface area contributed by atoms with Crippen LogP contribution in [0.5, 0.6) is 0 Å². The number of rotatable bonds is 0. The molecule has 2 aliphatic heterocycles. The van der Waals surface area contributed by atoms with Gasteiger partial charge in [-0.25, -0.2) is 0 Å². The second kappa shape index (κ2) is 4.30. The summed E-state index contributed by atoms with van der Waals surface area (Å²) in [5.74, 6) is -0.0135. The highest BCUT2D eigenvalue weighted by atomic mass is 16.2. The van der Waals surface area contributed by atoms with E-state index in [0.717, 1.165) is 11.4 Å². The minimum absolute atomic E-state index is 0.0108. The minimum Gasteiger partial charge on any atom is -0.376 e. The first-order chi connectivity index (χ1) is 8.34. The maximum Gasteiger partial charge on any atom is 0.245 e. The Bertz CT molecular complexity index is 430. The summed E-state index contributed by atoms with van der Waals surface area (Å²) in [4.78, 5) is 30.0. The van der Waals surface area contributed by atoms with E-state index >= 15 is 0 Å². The quantitative estimate of drug-likeness (QED) is 0.629. The van der Waals surface area contributed by atoms with Gasteiger partial charge < -0.3 is 14.7 Å². The van der Waals surface area contributed by atoms with Gasteiger partial charge in [-0.05, 0) is 13.8 Å². The summed E-state index contributed by atoms with van der Waals surface area (Å²) in [7, 11) is 3.78. The number of hydrogen-bond acceptors (Lipinski definition) is 3. The molecule has 2 unspecified atom stereocenters. The molecule has 18 heavy (non-hydrogen) atoms. The lowest BCUT2D eigenvalue weighted by Gasteiger charge is -2.40. The topological polar surface area (TPSA) is 43.9 Å². The van der Waals surface area contributed by atoms with Crippen molar-refractivity contribution in [3.63, 3.8) is 0 Å². The van der Waals surface area contributed by atoms with Crippen molar-refractivity contribution >= 4 is 11.8 Å². The highest BCUT2D eigenvalue weighted by Gasteiger charge is 2.40. The molecule has 0 saturated carbocycles. The molecular formula is C13H21N3O2. The van der Waals surface area contributed by atoms with E-state index in [4.69, 9.17) is 0 Å². The Labute approximate surface area is 108 Å². The molecule has 2 rings (SSSR count). The maximum atomic E-state index is 12.4. The summed E-state index contributed by atoms with van der Waals surface area (Å²) in [6, 6.07) is -0.393. The molecule has 0 spiro atoms. The molecule has 0 aromatic heterocycles. The molecule has 0 aromatic rings. The number of piperazine rings is 1. The Balaban J connectivity index is 2.50. The number of carbonyl (C=O) groups excluding carboxylic acids is 2. The van der Waals surface area contributed by atoms with Crippen LogP contribution < -0.4 is 0 Å². The van der Waals surface area contributed by atoms with E-state index in [1.165, 1.54) is 0 Å². The van der Waals surface area contributed by atoms with Gasteiger partial charge >= 0.3 is 0 Å². The highest BCUT2D eigenvalue weighted by Crippen LogP contribution is 2.28. The Morgan fingerprint density at radius 2 is 1.67 bits per heavy atom. The molecule has 0 bridgehead atoms. The smallest absolute Gasteiger partial charge is 0.245 e. The fraction of sp³-hybridized carbons (Fsp3) is 0.692. The number of carbonyl (C=O) groups is 2. The van der Waals surface area contributed by atoms with E-state index in [1.54, 1.807) is 23.8 Å². The van der Waals surface area contributed by atoms with Crippen molar-refractivity contribution in [2.45, 2.75) is 26.8 Å². The average Bonchev–Trinajstić information content (AvgIpc) is 2.39. The fourth-order valence-electron chi connectivity index (χ4n) is 2.74. The van der Waals surface area contributed by atoms with Crippen molar-refractivity contribution in [2.24, 2.45) is 5.92 Å². The SMILES string of the molecule is CC1=C2CN(C)C(=O)C(C)N2C(=O)C(C)CN1C. The van der Waals surface area contributed by atoms with E-state index in [9.17, 15) is 9.59 Å². The molecule has 5 nitrogen and oxygen atoms in total. The zero-order valence-corrected chi connectivity index (χ0v) is 11.7. The van der Waals surface area contributed by atoms with Crippen LogP contribution in [0, 0.1) is 5.92 Å². The summed E-state index contributed by atoms with van der Waals surface area (Å²) in [5, 5.41) is 0. The summed E-state index contributed by atoms with van der Waals surface area (Å²) in [6.45, 7) is 6.96. The Morgan fingerprint density at radius 3 is 2.28 bits per heavy atom. The summed E-state index contributed by atoms with van der Waals surface area (Å²) >= 11 is 0. The first-order valence-electron chi connectivity index (χ1n) is 6.33. The van der Waals surface area contributed by atoms with Gasteiger partial charge in [0.2, 0.25) is 11.8 Å². The van der Waals surface area contributed by atoms with Gasteiger partial charge in [0.15, 0.2) is 0 Å². The van der Waals surface area contributed by atoms with Gasteiger partial charge in [-0.2, -0.15) is 0 Å². The van der Waals surface area contributed by atoms with Crippen molar-refractivity contribution in [3.05, 3.63) is 11.4 Å². The monoisotopic (exact) mass is 251 g/mol. The Morgan fingerprint density at radius 1 is 1.06 bits per heavy atom. The third-order valence-corrected chi connectivity index (χ3v) is 4.00. The van der Waals surface area contributed by atoms with Crippen LogP contribution in [0.15, 0.2) is 11.4 Å². The van der Waals surface area contributed by atoms with Crippen molar-refractivity contribution in [2.75, 3.05) is 27.2 Å². The van der Waals surface area contributed by atoms with Gasteiger partial charge in [0.25, 0.3) is 0 Å². The molecule has 100 valence electrons. The number of hydrogen-bond donors (Lipinski definition) is 0. The molecular weight excluding hydrogens is 230 g/mol. The first-order valence-corrected chi connectivity index (χ1v) is 6.33. The van der Waals surface area contributed by atoms with Gasteiger partial charge in [0.1, 0.15) is 6.04 Å². The molecule has 0 aromatic carbocycles. The van der Waals surface area contributed by atoms with E-state index in [-0.39, 0.29) is 17.7 Å². The van der Waals surface area contributed by atoms with Crippen molar-refractivity contribution in [3.8, 4) is 0 Å². The number of allylic oxidation sites excluding steroid dienone is 1. The molecule has 5 heteroatoms. The van der Waals surface area contributed by atoms with Gasteiger partial charge in [-0.3, -0.25) is 9.59 Å². The molecule has 2 aliphatic rings. The lowest BCUT2D eigenvalue weighted by atomic mass is 10.1. The second-order valence-electron chi connectivity index (χ2n) is 5.39. The Hall–Kier alpha value is -1.52. The molecule has 2 heterocycles. The number of amides is 2. The molecule has 0 aliphatic carbocycles. The largest absolute Gasteiger partial charge is 0.376 e. The highest BCUT2D eigenvalue weighted by molar-refractivity contribution is 5.91. The predicted octanol–water partition coefficient (Wildman–Crippen LogP) is 0.489. The van der Waals surface area contributed by atoms with Gasteiger partial charge in [-0.15, -0.1) is 0 Å². The standard InChI is InChI=1S/C13H21N3O2/c1-8-6-14(4)9(2)11-7-15(5)13(18)10(3)16(11)12(8)17/h8,10H,6-7H2,1-5H3. The van der Waals surface area contributed by atoms with Crippen LogP contribution in [-0.2, 0) is 9.59 Å². The van der Waals surface area contributed by atoms with Crippen LogP contribution in [0.1, 0.15) is 20.8 Å². The van der Waals surface area contributed by atoms with Gasteiger partial charge in [-0.1, -0.05) is 6.92 Å². The van der Waals surface area contributed by atoms with E-state index in [2.05, 4.69) is 4.90 Å². The second-order valence-corrected chi connectivity index (χ2v) is 5.39. The molecule has 0 N–H and O–H groups in total. The normalized spacial score (nSPS) is 29.7. The van der Waals surface area contributed by atoms with Crippen LogP contribution in [0.3, 0.4) is 0 Å². The third-order valence-electron chi connectivity index (χ3n) is 4.00. The van der Waals surface area contributed by atoms with Crippen molar-refractivity contribution < 1.29 is 9.59 Å². The van der Waals surface area contributed by atoms with Crippen LogP contribution in [0.25, 0.3) is 0 Å². The average molecular weight is 251 g/mol. The van der Waals surface area contributed by atoms with Crippen molar-refractivity contribution in [1.82, 2.24) is 14.7 Å². The Kier molecular flexibility index (Phi) is 3.09. The fourth-order valence-corrected chi connectivity index (χ4v) is 2.74. The molecule has 2 amide bonds. The summed E-state index contributed by atoms with van der Waals surface area (Å²) in [6.07, 6.45) is 0. The van der Waals surface area contributed by atoms with E-state index < -0.39 is 6.04 Å². The molecule has 1 fully saturated rings. The summed E-state index contributed by atoms with van der Waals surface area (Å²) in [5.41, 5.74) is 2.04. The lowest BCUT2D eigenvalue weighted by molar-refractivity contribution is -0.147. The van der Waals surface area contributed by atoms with Crippen molar-refractivity contribution in [1.29, 1.82) is 0 Å². The lowest BCUT2D eigenvalue weighted by Crippen LogP contribution is -2.55. The van der Waals surface area contributed by atoms with Gasteiger partial charge in [0.05, 0.1) is 18.2 Å². The summed E-state index contributed by atoms with van der Waals surface area (Å²) < 4.78 is 0. The van der Waals surface area contributed by atoms with Crippen LogP contribution >= 0.6 is 0 Å². The third kappa shape index (κ3) is 1.78. The van der Waals surface area contributed by atoms with E-state index in [1.807, 2.05) is 20.9 Å². The van der Waals surface area contributed by atoms with E-state index in [0.29, 0.717) is 13.1 Å². The zero-order valence-electron chi connectivity index (χ0n) is 11.7. The molecule has 1 saturated heterocycles. The maximum absolute atomic E-state index is 12.4. The predicted molar refractivity (Wildman–Crippen MR) is 68.4 cm³/mol. The van der Waals surface area contributed by atoms with Crippen LogP contribution in [-0.4, -0.2) is 59.7 Å². The zero-order chi connectivity index (χ0) is 13.6.